The Labute approximate surface area is 125 Å². The summed E-state index contributed by atoms with van der Waals surface area (Å²) in [5.74, 6) is 0. The Balaban J connectivity index is 1.26. The average molecular weight is 278 g/mol. The Hall–Kier alpha value is -0.0800. The summed E-state index contributed by atoms with van der Waals surface area (Å²) < 4.78 is 0. The molecule has 3 rings (SSSR count). The van der Waals surface area contributed by atoms with Gasteiger partial charge >= 0.3 is 0 Å². The van der Waals surface area contributed by atoms with Crippen LogP contribution in [0.25, 0.3) is 0 Å². The molecule has 0 aromatic rings. The molecule has 0 atom stereocenters. The van der Waals surface area contributed by atoms with Gasteiger partial charge in [0.2, 0.25) is 0 Å². The summed E-state index contributed by atoms with van der Waals surface area (Å²) in [6, 6.07) is 0.836. The summed E-state index contributed by atoms with van der Waals surface area (Å²) >= 11 is 0. The molecule has 1 aliphatic heterocycles. The zero-order chi connectivity index (χ0) is 13.7. The first-order valence-electron chi connectivity index (χ1n) is 9.32. The molecule has 2 heteroatoms. The van der Waals surface area contributed by atoms with Crippen LogP contribution in [0, 0.1) is 5.41 Å². The van der Waals surface area contributed by atoms with Crippen LogP contribution in [-0.4, -0.2) is 37.1 Å². The molecule has 0 radical (unpaired) electrons. The minimum Gasteiger partial charge on any atom is -0.314 e. The van der Waals surface area contributed by atoms with Gasteiger partial charge in [-0.05, 0) is 89.4 Å². The van der Waals surface area contributed by atoms with Crippen molar-refractivity contribution in [3.8, 4) is 0 Å². The van der Waals surface area contributed by atoms with Gasteiger partial charge in [0.25, 0.3) is 0 Å². The van der Waals surface area contributed by atoms with Crippen molar-refractivity contribution in [1.82, 2.24) is 10.2 Å². The van der Waals surface area contributed by atoms with Gasteiger partial charge in [-0.25, -0.2) is 0 Å². The van der Waals surface area contributed by atoms with E-state index in [4.69, 9.17) is 0 Å². The lowest BCUT2D eigenvalue weighted by Crippen LogP contribution is -2.38. The van der Waals surface area contributed by atoms with Gasteiger partial charge in [-0.1, -0.05) is 19.3 Å². The largest absolute Gasteiger partial charge is 0.314 e. The Morgan fingerprint density at radius 2 is 1.55 bits per heavy atom. The van der Waals surface area contributed by atoms with Crippen molar-refractivity contribution in [1.29, 1.82) is 0 Å². The molecule has 3 fully saturated rings. The lowest BCUT2D eigenvalue weighted by molar-refractivity contribution is 0.166. The standard InChI is InChI=1S/C18H34N2/c1-4-14-20(15-5-1)16-6-13-19-17-7-11-18(12-8-17)9-2-3-10-18/h17,19H,1-16H2. The normalized spacial score (nSPS) is 28.2. The molecule has 0 unspecified atom stereocenters. The number of likely N-dealkylation sites (tertiary alicyclic amines) is 1. The van der Waals surface area contributed by atoms with E-state index in [0.717, 1.165) is 11.5 Å². The smallest absolute Gasteiger partial charge is 0.00674 e. The number of rotatable bonds is 5. The Kier molecular flexibility index (Phi) is 5.39. The molecular weight excluding hydrogens is 244 g/mol. The van der Waals surface area contributed by atoms with Gasteiger partial charge in [0, 0.05) is 6.04 Å². The summed E-state index contributed by atoms with van der Waals surface area (Å²) in [7, 11) is 0. The van der Waals surface area contributed by atoms with E-state index in [2.05, 4.69) is 10.2 Å². The molecule has 1 heterocycles. The predicted octanol–water partition coefficient (Wildman–Crippen LogP) is 3.96. The van der Waals surface area contributed by atoms with Gasteiger partial charge in [-0.3, -0.25) is 0 Å². The fraction of sp³-hybridized carbons (Fsp3) is 1.00. The Morgan fingerprint density at radius 1 is 0.850 bits per heavy atom. The maximum absolute atomic E-state index is 3.84. The third kappa shape index (κ3) is 3.98. The maximum Gasteiger partial charge on any atom is 0.00674 e. The van der Waals surface area contributed by atoms with Crippen molar-refractivity contribution < 1.29 is 0 Å². The van der Waals surface area contributed by atoms with Gasteiger partial charge in [0.15, 0.2) is 0 Å². The molecule has 3 aliphatic rings. The van der Waals surface area contributed by atoms with Gasteiger partial charge < -0.3 is 10.2 Å². The van der Waals surface area contributed by atoms with Crippen molar-refractivity contribution in [2.45, 2.75) is 83.1 Å². The molecule has 2 saturated carbocycles. The highest BCUT2D eigenvalue weighted by molar-refractivity contribution is 4.91. The first kappa shape index (κ1) is 14.8. The van der Waals surface area contributed by atoms with Crippen LogP contribution in [0.4, 0.5) is 0 Å². The second kappa shape index (κ2) is 7.26. The second-order valence-electron chi connectivity index (χ2n) is 7.69. The van der Waals surface area contributed by atoms with E-state index >= 15 is 0 Å². The zero-order valence-electron chi connectivity index (χ0n) is 13.3. The van der Waals surface area contributed by atoms with Crippen LogP contribution < -0.4 is 5.32 Å². The van der Waals surface area contributed by atoms with E-state index in [9.17, 15) is 0 Å². The van der Waals surface area contributed by atoms with E-state index in [1.807, 2.05) is 0 Å². The number of piperidine rings is 1. The van der Waals surface area contributed by atoms with E-state index in [1.54, 1.807) is 0 Å². The lowest BCUT2D eigenvalue weighted by atomic mass is 9.71. The summed E-state index contributed by atoms with van der Waals surface area (Å²) in [4.78, 5) is 2.67. The van der Waals surface area contributed by atoms with E-state index in [1.165, 1.54) is 103 Å². The summed E-state index contributed by atoms with van der Waals surface area (Å²) in [5.41, 5.74) is 0.798. The summed E-state index contributed by atoms with van der Waals surface area (Å²) in [6.07, 6.45) is 17.7. The molecule has 2 aliphatic carbocycles. The first-order valence-corrected chi connectivity index (χ1v) is 9.32. The van der Waals surface area contributed by atoms with Crippen LogP contribution in [0.15, 0.2) is 0 Å². The highest BCUT2D eigenvalue weighted by Gasteiger charge is 2.37. The Morgan fingerprint density at radius 3 is 2.25 bits per heavy atom. The molecule has 1 saturated heterocycles. The Bertz CT molecular complexity index is 267. The molecule has 116 valence electrons. The number of hydrogen-bond donors (Lipinski definition) is 1. The first-order chi connectivity index (χ1) is 9.86. The highest BCUT2D eigenvalue weighted by atomic mass is 15.1. The third-order valence-electron chi connectivity index (χ3n) is 6.24. The molecule has 0 bridgehead atoms. The average Bonchev–Trinajstić information content (AvgIpc) is 2.95. The molecule has 0 aromatic carbocycles. The number of nitrogens with zero attached hydrogens (tertiary/aromatic N) is 1. The highest BCUT2D eigenvalue weighted by Crippen LogP contribution is 2.48. The van der Waals surface area contributed by atoms with Crippen molar-refractivity contribution >= 4 is 0 Å². The lowest BCUT2D eigenvalue weighted by Gasteiger charge is -2.37. The fourth-order valence-corrected chi connectivity index (χ4v) is 4.85. The zero-order valence-corrected chi connectivity index (χ0v) is 13.3. The third-order valence-corrected chi connectivity index (χ3v) is 6.24. The minimum atomic E-state index is 0.798. The molecular formula is C18H34N2. The van der Waals surface area contributed by atoms with Gasteiger partial charge in [-0.2, -0.15) is 0 Å². The van der Waals surface area contributed by atoms with E-state index in [-0.39, 0.29) is 0 Å². The van der Waals surface area contributed by atoms with Gasteiger partial charge in [-0.15, -0.1) is 0 Å². The monoisotopic (exact) mass is 278 g/mol. The molecule has 0 amide bonds. The minimum absolute atomic E-state index is 0.798. The summed E-state index contributed by atoms with van der Waals surface area (Å²) in [5, 5.41) is 3.84. The van der Waals surface area contributed by atoms with Crippen molar-refractivity contribution in [3.63, 3.8) is 0 Å². The van der Waals surface area contributed by atoms with Crippen LogP contribution in [0.2, 0.25) is 0 Å². The number of nitrogens with one attached hydrogen (secondary N) is 1. The summed E-state index contributed by atoms with van der Waals surface area (Å²) in [6.45, 7) is 5.27. The SMILES string of the molecule is C1CCN(CCCNC2CCC3(CCCC3)CC2)CC1. The quantitative estimate of drug-likeness (QED) is 0.766. The van der Waals surface area contributed by atoms with Crippen LogP contribution in [0.1, 0.15) is 77.0 Å². The van der Waals surface area contributed by atoms with Crippen molar-refractivity contribution in [2.75, 3.05) is 26.2 Å². The molecule has 1 N–H and O–H groups in total. The molecule has 20 heavy (non-hydrogen) atoms. The van der Waals surface area contributed by atoms with Crippen molar-refractivity contribution in [3.05, 3.63) is 0 Å². The molecule has 1 spiro atoms. The van der Waals surface area contributed by atoms with E-state index in [0.29, 0.717) is 0 Å². The number of hydrogen-bond acceptors (Lipinski definition) is 2. The second-order valence-corrected chi connectivity index (χ2v) is 7.69. The molecule has 2 nitrogen and oxygen atoms in total. The predicted molar refractivity (Wildman–Crippen MR) is 86.1 cm³/mol. The van der Waals surface area contributed by atoms with Crippen molar-refractivity contribution in [2.24, 2.45) is 5.41 Å². The van der Waals surface area contributed by atoms with Gasteiger partial charge in [0.05, 0.1) is 0 Å². The van der Waals surface area contributed by atoms with Crippen LogP contribution >= 0.6 is 0 Å². The van der Waals surface area contributed by atoms with Crippen LogP contribution in [-0.2, 0) is 0 Å². The topological polar surface area (TPSA) is 15.3 Å². The van der Waals surface area contributed by atoms with Crippen LogP contribution in [0.3, 0.4) is 0 Å². The van der Waals surface area contributed by atoms with E-state index < -0.39 is 0 Å². The fourth-order valence-electron chi connectivity index (χ4n) is 4.85. The van der Waals surface area contributed by atoms with Crippen LogP contribution in [0.5, 0.6) is 0 Å². The maximum atomic E-state index is 3.84. The molecule has 0 aromatic heterocycles. The van der Waals surface area contributed by atoms with Gasteiger partial charge in [0.1, 0.15) is 0 Å².